The highest BCUT2D eigenvalue weighted by Crippen LogP contribution is 2.29. The number of nitrogens with one attached hydrogen (secondary N) is 2. The van der Waals surface area contributed by atoms with Crippen molar-refractivity contribution in [2.75, 3.05) is 19.5 Å². The normalized spacial score (nSPS) is 15.6. The Hall–Kier alpha value is -2.68. The van der Waals surface area contributed by atoms with Crippen molar-refractivity contribution in [3.63, 3.8) is 0 Å². The molecule has 0 aromatic heterocycles. The van der Waals surface area contributed by atoms with Crippen LogP contribution in [-0.2, 0) is 4.79 Å². The summed E-state index contributed by atoms with van der Waals surface area (Å²) in [6.07, 6.45) is 8.57. The van der Waals surface area contributed by atoms with Crippen LogP contribution in [-0.4, -0.2) is 26.2 Å². The molecule has 1 aromatic carbocycles. The highest BCUT2D eigenvalue weighted by atomic mass is 16.5. The van der Waals surface area contributed by atoms with E-state index in [9.17, 15) is 10.1 Å². The lowest BCUT2D eigenvalue weighted by Crippen LogP contribution is -2.25. The maximum atomic E-state index is 12.3. The molecule has 0 radical (unpaired) electrons. The number of hydrogen-bond donors (Lipinski definition) is 2. The molecule has 1 fully saturated rings. The minimum absolute atomic E-state index is 0.0547. The molecule has 6 nitrogen and oxygen atoms in total. The molecule has 6 heteroatoms. The Balaban J connectivity index is 2.01. The van der Waals surface area contributed by atoms with Crippen LogP contribution < -0.4 is 20.1 Å². The minimum atomic E-state index is -0.448. The van der Waals surface area contributed by atoms with Gasteiger partial charge in [-0.25, -0.2) is 0 Å². The Kier molecular flexibility index (Phi) is 7.15. The van der Waals surface area contributed by atoms with Crippen LogP contribution in [0.15, 0.2) is 30.0 Å². The Bertz CT molecular complexity index is 656. The summed E-state index contributed by atoms with van der Waals surface area (Å²) in [5, 5.41) is 15.2. The standard InChI is InChI=1S/C19H25N3O3/c1-24-17-10-9-16(11-18(17)25-2)22-19(23)14(12-20)13-21-15-7-5-3-4-6-8-15/h9-11,13,15,21H,3-8H2,1-2H3,(H,22,23)/b14-13-. The molecular formula is C19H25N3O3. The number of nitrogens with zero attached hydrogens (tertiary/aromatic N) is 1. The minimum Gasteiger partial charge on any atom is -0.493 e. The topological polar surface area (TPSA) is 83.4 Å². The molecule has 0 aliphatic heterocycles. The van der Waals surface area contributed by atoms with Gasteiger partial charge in [-0.05, 0) is 25.0 Å². The Morgan fingerprint density at radius 3 is 2.44 bits per heavy atom. The summed E-state index contributed by atoms with van der Waals surface area (Å²) in [7, 11) is 3.08. The summed E-state index contributed by atoms with van der Waals surface area (Å²) in [6, 6.07) is 7.35. The van der Waals surface area contributed by atoms with Crippen molar-refractivity contribution in [2.45, 2.75) is 44.6 Å². The van der Waals surface area contributed by atoms with Crippen LogP contribution in [0.2, 0.25) is 0 Å². The van der Waals surface area contributed by atoms with Crippen molar-refractivity contribution in [3.8, 4) is 17.6 Å². The fourth-order valence-corrected chi connectivity index (χ4v) is 2.91. The van der Waals surface area contributed by atoms with E-state index in [-0.39, 0.29) is 5.57 Å². The lowest BCUT2D eigenvalue weighted by atomic mass is 10.1. The van der Waals surface area contributed by atoms with Crippen molar-refractivity contribution in [1.29, 1.82) is 5.26 Å². The number of methoxy groups -OCH3 is 2. The summed E-state index contributed by atoms with van der Waals surface area (Å²) < 4.78 is 10.4. The van der Waals surface area contributed by atoms with Gasteiger partial charge in [-0.1, -0.05) is 25.7 Å². The van der Waals surface area contributed by atoms with Gasteiger partial charge in [0.2, 0.25) is 0 Å². The van der Waals surface area contributed by atoms with E-state index in [1.807, 2.05) is 6.07 Å². The number of carbonyl (C=O) groups is 1. The molecule has 0 heterocycles. The van der Waals surface area contributed by atoms with Crippen LogP contribution in [0.25, 0.3) is 0 Å². The highest BCUT2D eigenvalue weighted by Gasteiger charge is 2.14. The smallest absolute Gasteiger partial charge is 0.267 e. The van der Waals surface area contributed by atoms with Crippen molar-refractivity contribution >= 4 is 11.6 Å². The summed E-state index contributed by atoms with van der Waals surface area (Å²) in [4.78, 5) is 12.3. The third-order valence-electron chi connectivity index (χ3n) is 4.33. The van der Waals surface area contributed by atoms with Gasteiger partial charge in [-0.3, -0.25) is 4.79 Å². The van der Waals surface area contributed by atoms with Gasteiger partial charge in [-0.15, -0.1) is 0 Å². The van der Waals surface area contributed by atoms with Crippen LogP contribution >= 0.6 is 0 Å². The predicted molar refractivity (Wildman–Crippen MR) is 96.5 cm³/mol. The molecule has 1 aliphatic carbocycles. The van der Waals surface area contributed by atoms with Crippen molar-refractivity contribution < 1.29 is 14.3 Å². The zero-order valence-corrected chi connectivity index (χ0v) is 14.8. The second-order valence-corrected chi connectivity index (χ2v) is 6.05. The van der Waals surface area contributed by atoms with E-state index in [1.54, 1.807) is 25.3 Å². The number of hydrogen-bond acceptors (Lipinski definition) is 5. The van der Waals surface area contributed by atoms with Crippen LogP contribution in [0.5, 0.6) is 11.5 Å². The summed E-state index contributed by atoms with van der Waals surface area (Å²) in [5.41, 5.74) is 0.595. The van der Waals surface area contributed by atoms with Crippen LogP contribution in [0.3, 0.4) is 0 Å². The van der Waals surface area contributed by atoms with Gasteiger partial charge in [0.05, 0.1) is 14.2 Å². The molecule has 1 amide bonds. The molecule has 134 valence electrons. The Labute approximate surface area is 148 Å². The van der Waals surface area contributed by atoms with Crippen LogP contribution in [0.4, 0.5) is 5.69 Å². The highest BCUT2D eigenvalue weighted by molar-refractivity contribution is 6.06. The maximum Gasteiger partial charge on any atom is 0.267 e. The van der Waals surface area contributed by atoms with E-state index in [0.717, 1.165) is 12.8 Å². The first-order valence-corrected chi connectivity index (χ1v) is 8.57. The lowest BCUT2D eigenvalue weighted by molar-refractivity contribution is -0.112. The molecular weight excluding hydrogens is 318 g/mol. The quantitative estimate of drug-likeness (QED) is 0.470. The van der Waals surface area contributed by atoms with Gasteiger partial charge in [-0.2, -0.15) is 5.26 Å². The van der Waals surface area contributed by atoms with E-state index < -0.39 is 5.91 Å². The van der Waals surface area contributed by atoms with Gasteiger partial charge in [0, 0.05) is 24.0 Å². The van der Waals surface area contributed by atoms with Gasteiger partial charge in [0.25, 0.3) is 5.91 Å². The van der Waals surface area contributed by atoms with E-state index >= 15 is 0 Å². The average Bonchev–Trinajstić information content (AvgIpc) is 2.91. The van der Waals surface area contributed by atoms with E-state index in [1.165, 1.54) is 39.0 Å². The zero-order chi connectivity index (χ0) is 18.1. The number of ether oxygens (including phenoxy) is 2. The Morgan fingerprint density at radius 2 is 1.84 bits per heavy atom. The molecule has 0 saturated heterocycles. The molecule has 25 heavy (non-hydrogen) atoms. The van der Waals surface area contributed by atoms with Crippen molar-refractivity contribution in [2.24, 2.45) is 0 Å². The second-order valence-electron chi connectivity index (χ2n) is 6.05. The number of amides is 1. The van der Waals surface area contributed by atoms with Crippen LogP contribution in [0, 0.1) is 11.3 Å². The van der Waals surface area contributed by atoms with Gasteiger partial charge in [0.1, 0.15) is 11.6 Å². The third-order valence-corrected chi connectivity index (χ3v) is 4.33. The first-order valence-electron chi connectivity index (χ1n) is 8.57. The first-order chi connectivity index (χ1) is 12.2. The van der Waals surface area contributed by atoms with Crippen LogP contribution in [0.1, 0.15) is 38.5 Å². The first kappa shape index (κ1) is 18.7. The zero-order valence-electron chi connectivity index (χ0n) is 14.8. The molecule has 1 aliphatic rings. The largest absolute Gasteiger partial charge is 0.493 e. The van der Waals surface area contributed by atoms with Gasteiger partial charge >= 0.3 is 0 Å². The number of benzene rings is 1. The molecule has 2 N–H and O–H groups in total. The molecule has 0 atom stereocenters. The summed E-state index contributed by atoms with van der Waals surface area (Å²) in [5.74, 6) is 0.641. The molecule has 2 rings (SSSR count). The van der Waals surface area contributed by atoms with E-state index in [0.29, 0.717) is 23.2 Å². The van der Waals surface area contributed by atoms with Gasteiger partial charge in [0.15, 0.2) is 11.5 Å². The maximum absolute atomic E-state index is 12.3. The predicted octanol–water partition coefficient (Wildman–Crippen LogP) is 3.36. The molecule has 1 saturated carbocycles. The molecule has 0 spiro atoms. The number of rotatable bonds is 6. The number of anilines is 1. The molecule has 0 unspecified atom stereocenters. The van der Waals surface area contributed by atoms with E-state index in [2.05, 4.69) is 10.6 Å². The lowest BCUT2D eigenvalue weighted by Gasteiger charge is -2.14. The SMILES string of the molecule is COc1ccc(NC(=O)/C(C#N)=C\NC2CCCCCC2)cc1OC. The number of nitriles is 1. The monoisotopic (exact) mass is 343 g/mol. The number of carbonyl (C=O) groups excluding carboxylic acids is 1. The van der Waals surface area contributed by atoms with Crippen molar-refractivity contribution in [1.82, 2.24) is 5.32 Å². The fourth-order valence-electron chi connectivity index (χ4n) is 2.91. The van der Waals surface area contributed by atoms with Crippen molar-refractivity contribution in [3.05, 3.63) is 30.0 Å². The fraction of sp³-hybridized carbons (Fsp3) is 0.474. The third kappa shape index (κ3) is 5.42. The molecule has 1 aromatic rings. The van der Waals surface area contributed by atoms with E-state index in [4.69, 9.17) is 9.47 Å². The Morgan fingerprint density at radius 1 is 1.16 bits per heavy atom. The molecule has 0 bridgehead atoms. The second kappa shape index (κ2) is 9.58. The van der Waals surface area contributed by atoms with Gasteiger partial charge < -0.3 is 20.1 Å². The summed E-state index contributed by atoms with van der Waals surface area (Å²) >= 11 is 0. The summed E-state index contributed by atoms with van der Waals surface area (Å²) in [6.45, 7) is 0. The average molecular weight is 343 g/mol.